The Kier molecular flexibility index (Phi) is 9.06. The Morgan fingerprint density at radius 3 is 2.63 bits per heavy atom. The van der Waals surface area contributed by atoms with Gasteiger partial charge in [0.25, 0.3) is 0 Å². The number of piperidine rings is 1. The SMILES string of the molecule is Cc1n[nH]c2c(C3CC3)cc(NCc3ccc4c(c3)nc(CN3CCC(c5cccc(OCc6ccc(Cl)cc6F)n5)CC3)n4C[C@@H]3CCO3)cc12. The zero-order chi connectivity index (χ0) is 35.2. The Balaban J connectivity index is 0.866. The van der Waals surface area contributed by atoms with Crippen LogP contribution >= 0.6 is 11.6 Å². The molecule has 0 spiro atoms. The van der Waals surface area contributed by atoms with Crippen LogP contribution in [0.3, 0.4) is 0 Å². The van der Waals surface area contributed by atoms with E-state index in [9.17, 15) is 4.39 Å². The molecule has 3 aromatic heterocycles. The Labute approximate surface area is 307 Å². The summed E-state index contributed by atoms with van der Waals surface area (Å²) in [4.78, 5) is 12.5. The van der Waals surface area contributed by atoms with E-state index >= 15 is 0 Å². The summed E-state index contributed by atoms with van der Waals surface area (Å²) < 4.78 is 28.4. The van der Waals surface area contributed by atoms with Crippen LogP contribution in [0.1, 0.15) is 77.8 Å². The van der Waals surface area contributed by atoms with Gasteiger partial charge in [-0.3, -0.25) is 10.00 Å². The molecule has 9 rings (SSSR count). The number of halogens is 2. The van der Waals surface area contributed by atoms with Crippen molar-refractivity contribution in [3.05, 3.63) is 111 Å². The number of anilines is 1. The zero-order valence-electron chi connectivity index (χ0n) is 29.4. The van der Waals surface area contributed by atoms with Gasteiger partial charge in [0.05, 0.1) is 41.4 Å². The van der Waals surface area contributed by atoms with Gasteiger partial charge in [0.2, 0.25) is 5.88 Å². The number of aryl methyl sites for hydroxylation is 1. The Hall–Kier alpha value is -4.51. The number of likely N-dealkylation sites (tertiary alicyclic amines) is 1. The van der Waals surface area contributed by atoms with E-state index < -0.39 is 0 Å². The predicted octanol–water partition coefficient (Wildman–Crippen LogP) is 8.65. The molecule has 0 amide bonds. The summed E-state index contributed by atoms with van der Waals surface area (Å²) in [6.07, 6.45) is 5.81. The summed E-state index contributed by atoms with van der Waals surface area (Å²) in [6.45, 7) is 7.25. The number of H-pyrrole nitrogens is 1. The maximum atomic E-state index is 14.3. The number of nitrogens with zero attached hydrogens (tertiary/aromatic N) is 5. The number of rotatable bonds is 12. The van der Waals surface area contributed by atoms with Crippen LogP contribution in [-0.4, -0.2) is 55.4 Å². The van der Waals surface area contributed by atoms with Gasteiger partial charge < -0.3 is 19.4 Å². The number of pyridine rings is 1. The van der Waals surface area contributed by atoms with E-state index in [1.807, 2.05) is 12.1 Å². The molecule has 52 heavy (non-hydrogen) atoms. The molecule has 11 heteroatoms. The molecule has 0 unspecified atom stereocenters. The molecule has 2 N–H and O–H groups in total. The van der Waals surface area contributed by atoms with E-state index in [-0.39, 0.29) is 18.5 Å². The minimum atomic E-state index is -0.376. The van der Waals surface area contributed by atoms with Gasteiger partial charge in [-0.2, -0.15) is 5.10 Å². The van der Waals surface area contributed by atoms with Crippen LogP contribution in [0.25, 0.3) is 21.9 Å². The number of aromatic amines is 1. The Morgan fingerprint density at radius 2 is 1.85 bits per heavy atom. The highest BCUT2D eigenvalue weighted by atomic mass is 35.5. The summed E-state index contributed by atoms with van der Waals surface area (Å²) in [5.41, 5.74) is 9.62. The fraction of sp³-hybridized carbons (Fsp3) is 0.390. The monoisotopic (exact) mass is 719 g/mol. The first-order chi connectivity index (χ1) is 25.4. The molecule has 5 heterocycles. The van der Waals surface area contributed by atoms with Gasteiger partial charge in [-0.1, -0.05) is 29.8 Å². The number of ether oxygens (including phenoxy) is 2. The summed E-state index contributed by atoms with van der Waals surface area (Å²) in [6, 6.07) is 21.7. The average molecular weight is 720 g/mol. The summed E-state index contributed by atoms with van der Waals surface area (Å²) in [5.74, 6) is 2.19. The number of hydrogen-bond donors (Lipinski definition) is 2. The molecule has 3 aliphatic rings. The van der Waals surface area contributed by atoms with Crippen LogP contribution < -0.4 is 10.1 Å². The first kappa shape index (κ1) is 33.3. The van der Waals surface area contributed by atoms with Crippen molar-refractivity contribution in [2.45, 2.75) is 83.2 Å². The van der Waals surface area contributed by atoms with E-state index in [1.165, 1.54) is 40.9 Å². The molecular formula is C41H43ClFN7O2. The first-order valence-corrected chi connectivity index (χ1v) is 18.9. The lowest BCUT2D eigenvalue weighted by Crippen LogP contribution is -2.35. The molecule has 0 radical (unpaired) electrons. The second kappa shape index (κ2) is 14.1. The minimum absolute atomic E-state index is 0.103. The summed E-state index contributed by atoms with van der Waals surface area (Å²) in [5, 5.41) is 13.0. The number of hydrogen-bond acceptors (Lipinski definition) is 7. The van der Waals surface area contributed by atoms with Crippen LogP contribution in [-0.2, 0) is 31.0 Å². The second-order valence-corrected chi connectivity index (χ2v) is 15.1. The van der Waals surface area contributed by atoms with E-state index in [0.717, 1.165) is 92.5 Å². The fourth-order valence-corrected chi connectivity index (χ4v) is 7.86. The first-order valence-electron chi connectivity index (χ1n) is 18.5. The molecule has 3 fully saturated rings. The van der Waals surface area contributed by atoms with Gasteiger partial charge >= 0.3 is 0 Å². The van der Waals surface area contributed by atoms with Crippen molar-refractivity contribution in [1.82, 2.24) is 29.6 Å². The van der Waals surface area contributed by atoms with Crippen molar-refractivity contribution >= 4 is 39.2 Å². The highest BCUT2D eigenvalue weighted by molar-refractivity contribution is 6.30. The normalized spacial score (nSPS) is 18.2. The maximum Gasteiger partial charge on any atom is 0.213 e. The van der Waals surface area contributed by atoms with E-state index in [2.05, 4.69) is 68.3 Å². The molecule has 3 aromatic carbocycles. The van der Waals surface area contributed by atoms with Crippen LogP contribution in [0, 0.1) is 12.7 Å². The summed E-state index contributed by atoms with van der Waals surface area (Å²) in [7, 11) is 0. The number of fused-ring (bicyclic) bond motifs is 2. The molecule has 2 aliphatic heterocycles. The molecule has 0 bridgehead atoms. The van der Waals surface area contributed by atoms with Crippen molar-refractivity contribution in [3.63, 3.8) is 0 Å². The van der Waals surface area contributed by atoms with Crippen molar-refractivity contribution in [3.8, 4) is 5.88 Å². The molecule has 1 atom stereocenters. The molecule has 268 valence electrons. The third kappa shape index (κ3) is 6.99. The highest BCUT2D eigenvalue weighted by Crippen LogP contribution is 2.44. The topological polar surface area (TPSA) is 93.1 Å². The average Bonchev–Trinajstić information content (AvgIpc) is 3.84. The quantitative estimate of drug-likeness (QED) is 0.131. The fourth-order valence-electron chi connectivity index (χ4n) is 7.70. The van der Waals surface area contributed by atoms with Crippen LogP contribution in [0.4, 0.5) is 10.1 Å². The molecule has 2 saturated heterocycles. The van der Waals surface area contributed by atoms with Gasteiger partial charge in [0.1, 0.15) is 18.2 Å². The van der Waals surface area contributed by atoms with E-state index in [4.69, 9.17) is 31.0 Å². The summed E-state index contributed by atoms with van der Waals surface area (Å²) >= 11 is 5.90. The van der Waals surface area contributed by atoms with E-state index in [1.54, 1.807) is 12.1 Å². The van der Waals surface area contributed by atoms with Crippen LogP contribution in [0.15, 0.2) is 66.7 Å². The van der Waals surface area contributed by atoms with Gasteiger partial charge in [-0.15, -0.1) is 0 Å². The number of imidazole rings is 1. The molecule has 1 aliphatic carbocycles. The van der Waals surface area contributed by atoms with E-state index in [0.29, 0.717) is 28.3 Å². The lowest BCUT2D eigenvalue weighted by atomic mass is 9.93. The molecular weight excluding hydrogens is 677 g/mol. The third-order valence-corrected chi connectivity index (χ3v) is 11.2. The van der Waals surface area contributed by atoms with Crippen LogP contribution in [0.5, 0.6) is 5.88 Å². The number of benzene rings is 3. The van der Waals surface area contributed by atoms with Crippen LogP contribution in [0.2, 0.25) is 5.02 Å². The van der Waals surface area contributed by atoms with Crippen molar-refractivity contribution in [1.29, 1.82) is 0 Å². The zero-order valence-corrected chi connectivity index (χ0v) is 30.1. The van der Waals surface area contributed by atoms with Gasteiger partial charge in [0.15, 0.2) is 0 Å². The van der Waals surface area contributed by atoms with Crippen molar-refractivity contribution in [2.24, 2.45) is 0 Å². The number of nitrogens with one attached hydrogen (secondary N) is 2. The molecule has 9 nitrogen and oxygen atoms in total. The van der Waals surface area contributed by atoms with Crippen molar-refractivity contribution in [2.75, 3.05) is 25.0 Å². The molecule has 1 saturated carbocycles. The van der Waals surface area contributed by atoms with Gasteiger partial charge in [0, 0.05) is 52.5 Å². The Morgan fingerprint density at radius 1 is 0.981 bits per heavy atom. The maximum absolute atomic E-state index is 14.3. The minimum Gasteiger partial charge on any atom is -0.473 e. The van der Waals surface area contributed by atoms with Gasteiger partial charge in [-0.25, -0.2) is 14.4 Å². The van der Waals surface area contributed by atoms with Crippen molar-refractivity contribution < 1.29 is 13.9 Å². The molecule has 6 aromatic rings. The predicted molar refractivity (Wildman–Crippen MR) is 201 cm³/mol. The lowest BCUT2D eigenvalue weighted by molar-refractivity contribution is -0.0592. The standard InChI is InChI=1S/C41H43ClFN7O2/c1-25-33-19-31(20-34(27-6-7-27)41(33)48-47-25)44-21-26-5-10-38-37(17-26)45-39(50(38)22-32-13-16-51-32)23-49-14-11-28(12-15-49)36-3-2-4-40(46-36)52-24-29-8-9-30(42)18-35(29)43/h2-5,8-10,17-20,27-28,32,44H,6-7,11-16,21-24H2,1H3,(H,47,48)/t32-/m0/s1. The Bertz CT molecular complexity index is 2240. The smallest absolute Gasteiger partial charge is 0.213 e. The second-order valence-electron chi connectivity index (χ2n) is 14.6. The van der Waals surface area contributed by atoms with Gasteiger partial charge in [-0.05, 0) is 112 Å². The third-order valence-electron chi connectivity index (χ3n) is 11.0. The largest absolute Gasteiger partial charge is 0.473 e. The lowest BCUT2D eigenvalue weighted by Gasteiger charge is -2.32. The highest BCUT2D eigenvalue weighted by Gasteiger charge is 2.28. The number of aromatic nitrogens is 5.